The van der Waals surface area contributed by atoms with Crippen LogP contribution in [-0.4, -0.2) is 56.8 Å². The molecule has 1 atom stereocenters. The number of anilines is 2. The molecule has 3 heterocycles. The van der Waals surface area contributed by atoms with Crippen LogP contribution in [0.2, 0.25) is 0 Å². The molecule has 2 amide bonds. The van der Waals surface area contributed by atoms with Crippen LogP contribution in [0.5, 0.6) is 5.75 Å². The van der Waals surface area contributed by atoms with Crippen molar-refractivity contribution in [1.82, 2.24) is 9.88 Å². The lowest BCUT2D eigenvalue weighted by molar-refractivity contribution is -0.138. The predicted octanol–water partition coefficient (Wildman–Crippen LogP) is 4.16. The highest BCUT2D eigenvalue weighted by Gasteiger charge is 2.59. The highest BCUT2D eigenvalue weighted by molar-refractivity contribution is 7.81. The molecule has 37 heavy (non-hydrogen) atoms. The number of halogens is 3. The Hall–Kier alpha value is -3.92. The van der Waals surface area contributed by atoms with Gasteiger partial charge < -0.3 is 19.6 Å². The van der Waals surface area contributed by atoms with Crippen molar-refractivity contribution in [2.24, 2.45) is 0 Å². The number of rotatable bonds is 4. The van der Waals surface area contributed by atoms with Gasteiger partial charge in [0.25, 0.3) is 5.91 Å². The average Bonchev–Trinajstić information content (AvgIpc) is 3.39. The maximum absolute atomic E-state index is 13.5. The summed E-state index contributed by atoms with van der Waals surface area (Å²) >= 11 is 5.60. The van der Waals surface area contributed by atoms with Gasteiger partial charge in [-0.2, -0.15) is 18.4 Å². The first-order valence-electron chi connectivity index (χ1n) is 11.5. The molecule has 1 aromatic carbocycles. The Balaban J connectivity index is 1.42. The first-order valence-corrected chi connectivity index (χ1v) is 11.9. The lowest BCUT2D eigenvalue weighted by Crippen LogP contribution is -2.55. The molecule has 1 unspecified atom stereocenters. The molecule has 1 saturated carbocycles. The van der Waals surface area contributed by atoms with Crippen LogP contribution in [0.15, 0.2) is 36.5 Å². The van der Waals surface area contributed by atoms with E-state index in [4.69, 9.17) is 27.3 Å². The van der Waals surface area contributed by atoms with Crippen LogP contribution in [-0.2, 0) is 11.0 Å². The summed E-state index contributed by atoms with van der Waals surface area (Å²) in [7, 11) is 0. The van der Waals surface area contributed by atoms with Gasteiger partial charge in [-0.05, 0) is 61.8 Å². The van der Waals surface area contributed by atoms with Gasteiger partial charge in [-0.15, -0.1) is 0 Å². The summed E-state index contributed by atoms with van der Waals surface area (Å²) in [5.41, 5.74) is -2.62. The van der Waals surface area contributed by atoms with E-state index in [1.54, 1.807) is 29.2 Å². The van der Waals surface area contributed by atoms with E-state index in [1.165, 1.54) is 11.0 Å². The zero-order valence-corrected chi connectivity index (χ0v) is 20.1. The number of hydrogen-bond donors (Lipinski definition) is 1. The molecule has 13 heteroatoms. The van der Waals surface area contributed by atoms with Crippen LogP contribution in [0.4, 0.5) is 29.3 Å². The molecule has 9 nitrogen and oxygen atoms in total. The monoisotopic (exact) mass is 531 g/mol. The lowest BCUT2D eigenvalue weighted by atomic mass is 9.75. The Morgan fingerprint density at radius 2 is 1.95 bits per heavy atom. The molecule has 1 N–H and O–H groups in total. The molecule has 192 valence electrons. The van der Waals surface area contributed by atoms with Crippen molar-refractivity contribution in [3.05, 3.63) is 47.8 Å². The second kappa shape index (κ2) is 8.88. The lowest BCUT2D eigenvalue weighted by Gasteiger charge is -2.43. The molecule has 5 rings (SSSR count). The first kappa shape index (κ1) is 24.8. The van der Waals surface area contributed by atoms with E-state index in [0.29, 0.717) is 37.2 Å². The van der Waals surface area contributed by atoms with Crippen molar-refractivity contribution in [3.63, 3.8) is 0 Å². The molecule has 1 aromatic heterocycles. The van der Waals surface area contributed by atoms with E-state index >= 15 is 0 Å². The number of nitrogens with zero attached hydrogens (tertiary/aromatic N) is 5. The molecule has 0 bridgehead atoms. The molecule has 2 aliphatic heterocycles. The Labute approximate surface area is 214 Å². The molecular weight excluding hydrogens is 511 g/mol. The van der Waals surface area contributed by atoms with Gasteiger partial charge in [-0.1, -0.05) is 0 Å². The maximum Gasteiger partial charge on any atom is 0.419 e. The number of carboxylic acid groups (broad SMARTS) is 1. The second-order valence-electron chi connectivity index (χ2n) is 9.09. The van der Waals surface area contributed by atoms with Crippen molar-refractivity contribution in [2.45, 2.75) is 43.5 Å². The summed E-state index contributed by atoms with van der Waals surface area (Å²) < 4.78 is 46.5. The second-order valence-corrected chi connectivity index (χ2v) is 9.46. The SMILES string of the molecule is N#Cc1ncc(N2C(=O)C3(CCC3)N(c3ccc(OC4CCN(C(=O)O)C4)cc3)C2=S)cc1C(F)(F)F. The Morgan fingerprint density at radius 3 is 2.49 bits per heavy atom. The van der Waals surface area contributed by atoms with E-state index in [0.717, 1.165) is 23.6 Å². The minimum absolute atomic E-state index is 0.0193. The fourth-order valence-corrected chi connectivity index (χ4v) is 5.42. The van der Waals surface area contributed by atoms with E-state index < -0.39 is 35.0 Å². The van der Waals surface area contributed by atoms with Gasteiger partial charge in [0, 0.05) is 18.7 Å². The maximum atomic E-state index is 13.5. The molecule has 1 spiro atoms. The minimum atomic E-state index is -4.83. The highest BCUT2D eigenvalue weighted by atomic mass is 32.1. The van der Waals surface area contributed by atoms with Crippen LogP contribution in [0, 0.1) is 11.3 Å². The predicted molar refractivity (Wildman–Crippen MR) is 128 cm³/mol. The Morgan fingerprint density at radius 1 is 1.24 bits per heavy atom. The van der Waals surface area contributed by atoms with Crippen LogP contribution < -0.4 is 14.5 Å². The number of carbonyl (C=O) groups is 2. The fourth-order valence-electron chi connectivity index (χ4n) is 4.95. The Kier molecular flexibility index (Phi) is 5.94. The number of carbonyl (C=O) groups excluding carboxylic acids is 1. The third-order valence-electron chi connectivity index (χ3n) is 6.95. The first-order chi connectivity index (χ1) is 17.5. The van der Waals surface area contributed by atoms with Crippen LogP contribution in [0.3, 0.4) is 0 Å². The number of likely N-dealkylation sites (tertiary alicyclic amines) is 1. The molecule has 2 aromatic rings. The number of amides is 2. The smallest absolute Gasteiger partial charge is 0.419 e. The summed E-state index contributed by atoms with van der Waals surface area (Å²) in [6, 6.07) is 8.95. The van der Waals surface area contributed by atoms with Crippen LogP contribution >= 0.6 is 12.2 Å². The third kappa shape index (κ3) is 4.11. The number of hydrogen-bond acceptors (Lipinski definition) is 6. The van der Waals surface area contributed by atoms with Gasteiger partial charge in [0.05, 0.1) is 24.0 Å². The largest absolute Gasteiger partial charge is 0.489 e. The summed E-state index contributed by atoms with van der Waals surface area (Å²) in [5.74, 6) is 0.0754. The highest BCUT2D eigenvalue weighted by Crippen LogP contribution is 2.48. The van der Waals surface area contributed by atoms with Gasteiger partial charge in [0.15, 0.2) is 10.8 Å². The quantitative estimate of drug-likeness (QED) is 0.586. The molecule has 1 aliphatic carbocycles. The summed E-state index contributed by atoms with van der Waals surface area (Å²) in [5, 5.41) is 18.2. The average molecular weight is 532 g/mol. The zero-order valence-electron chi connectivity index (χ0n) is 19.2. The topological polar surface area (TPSA) is 110 Å². The molecule has 3 fully saturated rings. The number of thiocarbonyl (C=S) groups is 1. The summed E-state index contributed by atoms with van der Waals surface area (Å²) in [6.45, 7) is 0.652. The zero-order chi connectivity index (χ0) is 26.5. The van der Waals surface area contributed by atoms with Gasteiger partial charge >= 0.3 is 12.3 Å². The number of nitriles is 1. The van der Waals surface area contributed by atoms with Gasteiger partial charge in [-0.25, -0.2) is 9.78 Å². The normalized spacial score (nSPS) is 20.8. The van der Waals surface area contributed by atoms with Crippen molar-refractivity contribution in [3.8, 4) is 11.8 Å². The fraction of sp³-hybridized carbons (Fsp3) is 0.375. The third-order valence-corrected chi connectivity index (χ3v) is 7.31. The van der Waals surface area contributed by atoms with Gasteiger partial charge in [0.2, 0.25) is 0 Å². The van der Waals surface area contributed by atoms with Crippen molar-refractivity contribution >= 4 is 40.7 Å². The van der Waals surface area contributed by atoms with Crippen molar-refractivity contribution in [2.75, 3.05) is 22.9 Å². The molecule has 2 saturated heterocycles. The van der Waals surface area contributed by atoms with E-state index in [-0.39, 0.29) is 23.4 Å². The van der Waals surface area contributed by atoms with Crippen LogP contribution in [0.1, 0.15) is 36.9 Å². The summed E-state index contributed by atoms with van der Waals surface area (Å²) in [4.78, 5) is 32.3. The number of aromatic nitrogens is 1. The number of pyridine rings is 1. The molecule has 3 aliphatic rings. The summed E-state index contributed by atoms with van der Waals surface area (Å²) in [6.07, 6.45) is -2.79. The Bertz CT molecular complexity index is 1320. The number of benzene rings is 1. The standard InChI is InChI=1S/C24H20F3N5O4S/c25-24(26,27)18-10-15(12-29-19(18)11-28)31-20(33)23(7-1-8-23)32(21(31)37)14-2-4-16(5-3-14)36-17-6-9-30(13-17)22(34)35/h2-5,10,12,17H,1,6-9,13H2,(H,34,35). The van der Waals surface area contributed by atoms with Crippen molar-refractivity contribution in [1.29, 1.82) is 5.26 Å². The minimum Gasteiger partial charge on any atom is -0.489 e. The number of ether oxygens (including phenoxy) is 1. The van der Waals surface area contributed by atoms with E-state index in [9.17, 15) is 22.8 Å². The van der Waals surface area contributed by atoms with Crippen molar-refractivity contribution < 1.29 is 32.6 Å². The number of alkyl halides is 3. The molecular formula is C24H20F3N5O4S. The van der Waals surface area contributed by atoms with E-state index in [1.807, 2.05) is 0 Å². The van der Waals surface area contributed by atoms with Gasteiger partial charge in [0.1, 0.15) is 23.5 Å². The molecule has 0 radical (unpaired) electrons. The van der Waals surface area contributed by atoms with Crippen LogP contribution in [0.25, 0.3) is 0 Å². The van der Waals surface area contributed by atoms with Gasteiger partial charge in [-0.3, -0.25) is 9.69 Å². The van der Waals surface area contributed by atoms with E-state index in [2.05, 4.69) is 4.98 Å².